The van der Waals surface area contributed by atoms with Gasteiger partial charge in [0, 0.05) is 45.2 Å². The van der Waals surface area contributed by atoms with E-state index in [2.05, 4.69) is 22.0 Å². The lowest BCUT2D eigenvalue weighted by Gasteiger charge is -2.39. The summed E-state index contributed by atoms with van der Waals surface area (Å²) in [4.78, 5) is 23.7. The Morgan fingerprint density at radius 2 is 1.82 bits per heavy atom. The number of rotatable bonds is 5. The molecule has 0 radical (unpaired) electrons. The molecule has 0 unspecified atom stereocenters. The van der Waals surface area contributed by atoms with Crippen molar-refractivity contribution in [2.75, 3.05) is 56.2 Å². The number of piperidine rings is 1. The second-order valence-corrected chi connectivity index (χ2v) is 8.51. The average molecular weight is 462 g/mol. The van der Waals surface area contributed by atoms with Crippen LogP contribution in [0.25, 0.3) is 11.7 Å². The van der Waals surface area contributed by atoms with Crippen molar-refractivity contribution in [2.24, 2.45) is 5.92 Å². The Balaban J connectivity index is 1.18. The standard InChI is InChI=1S/C25H27N5O4/c1-32-21-6-3-2-5-20(21)28-12-14-29(15-13-28)24(31)18-8-10-30(11-9-18)25-19(17-26)27-23(34-25)22-7-4-16-33-22/h2-7,16,18H,8-15H2,1H3. The summed E-state index contributed by atoms with van der Waals surface area (Å²) in [5.41, 5.74) is 1.31. The number of aromatic nitrogens is 1. The molecule has 176 valence electrons. The third-order valence-electron chi connectivity index (χ3n) is 6.60. The van der Waals surface area contributed by atoms with E-state index in [0.29, 0.717) is 56.6 Å². The summed E-state index contributed by atoms with van der Waals surface area (Å²) in [5, 5.41) is 9.50. The first-order valence-corrected chi connectivity index (χ1v) is 11.5. The maximum atomic E-state index is 13.2. The molecule has 2 fully saturated rings. The molecule has 2 aliphatic rings. The number of hydrogen-bond donors (Lipinski definition) is 0. The van der Waals surface area contributed by atoms with E-state index in [-0.39, 0.29) is 17.5 Å². The molecule has 0 N–H and O–H groups in total. The SMILES string of the molecule is COc1ccccc1N1CCN(C(=O)C2CCN(c3oc(-c4ccco4)nc3C#N)CC2)CC1. The number of methoxy groups -OCH3 is 1. The average Bonchev–Trinajstić information content (AvgIpc) is 3.59. The van der Waals surface area contributed by atoms with E-state index in [1.807, 2.05) is 28.0 Å². The van der Waals surface area contributed by atoms with Gasteiger partial charge in [0.1, 0.15) is 11.8 Å². The molecule has 2 aliphatic heterocycles. The Kier molecular flexibility index (Phi) is 6.12. The van der Waals surface area contributed by atoms with Gasteiger partial charge < -0.3 is 28.3 Å². The molecule has 2 saturated heterocycles. The molecule has 3 aromatic rings. The maximum absolute atomic E-state index is 13.2. The number of furan rings is 1. The van der Waals surface area contributed by atoms with E-state index >= 15 is 0 Å². The van der Waals surface area contributed by atoms with Gasteiger partial charge in [-0.15, -0.1) is 0 Å². The number of hydrogen-bond acceptors (Lipinski definition) is 8. The highest BCUT2D eigenvalue weighted by Crippen LogP contribution is 2.32. The first-order chi connectivity index (χ1) is 16.7. The number of oxazole rings is 1. The van der Waals surface area contributed by atoms with Gasteiger partial charge in [0.05, 0.1) is 19.1 Å². The van der Waals surface area contributed by atoms with Crippen LogP contribution in [-0.4, -0.2) is 62.2 Å². The lowest BCUT2D eigenvalue weighted by Crippen LogP contribution is -2.51. The number of ether oxygens (including phenoxy) is 1. The van der Waals surface area contributed by atoms with Crippen molar-refractivity contribution < 1.29 is 18.4 Å². The van der Waals surface area contributed by atoms with Crippen LogP contribution in [0.2, 0.25) is 0 Å². The highest BCUT2D eigenvalue weighted by Gasteiger charge is 2.33. The third kappa shape index (κ3) is 4.19. The van der Waals surface area contributed by atoms with Gasteiger partial charge >= 0.3 is 0 Å². The molecule has 0 atom stereocenters. The van der Waals surface area contributed by atoms with Gasteiger partial charge in [-0.25, -0.2) is 0 Å². The Bertz CT molecular complexity index is 1170. The molecule has 0 bridgehead atoms. The summed E-state index contributed by atoms with van der Waals surface area (Å²) >= 11 is 0. The zero-order chi connectivity index (χ0) is 23.5. The van der Waals surface area contributed by atoms with E-state index in [9.17, 15) is 10.1 Å². The van der Waals surface area contributed by atoms with Crippen LogP contribution in [-0.2, 0) is 4.79 Å². The Hall–Kier alpha value is -3.93. The Morgan fingerprint density at radius 3 is 2.50 bits per heavy atom. The number of benzene rings is 1. The monoisotopic (exact) mass is 461 g/mol. The summed E-state index contributed by atoms with van der Waals surface area (Å²) in [5.74, 6) is 2.28. The van der Waals surface area contributed by atoms with Crippen LogP contribution in [0.15, 0.2) is 51.5 Å². The first-order valence-electron chi connectivity index (χ1n) is 11.5. The van der Waals surface area contributed by atoms with E-state index in [1.165, 1.54) is 0 Å². The van der Waals surface area contributed by atoms with Crippen molar-refractivity contribution in [2.45, 2.75) is 12.8 Å². The molecule has 4 heterocycles. The summed E-state index contributed by atoms with van der Waals surface area (Å²) in [6.07, 6.45) is 2.97. The van der Waals surface area contributed by atoms with Crippen LogP contribution >= 0.6 is 0 Å². The van der Waals surface area contributed by atoms with Crippen LogP contribution in [0.4, 0.5) is 11.6 Å². The van der Waals surface area contributed by atoms with Crippen molar-refractivity contribution in [1.29, 1.82) is 5.26 Å². The molecule has 0 spiro atoms. The van der Waals surface area contributed by atoms with Crippen LogP contribution in [0, 0.1) is 17.2 Å². The molecule has 9 nitrogen and oxygen atoms in total. The molecular weight excluding hydrogens is 434 g/mol. The van der Waals surface area contributed by atoms with Crippen molar-refractivity contribution in [3.8, 4) is 23.5 Å². The molecular formula is C25H27N5O4. The van der Waals surface area contributed by atoms with Crippen molar-refractivity contribution in [3.63, 3.8) is 0 Å². The van der Waals surface area contributed by atoms with Crippen LogP contribution < -0.4 is 14.5 Å². The predicted molar refractivity (Wildman–Crippen MR) is 126 cm³/mol. The van der Waals surface area contributed by atoms with E-state index < -0.39 is 0 Å². The van der Waals surface area contributed by atoms with Gasteiger partial charge in [-0.05, 0) is 37.1 Å². The normalized spacial score (nSPS) is 17.0. The van der Waals surface area contributed by atoms with Crippen molar-refractivity contribution in [3.05, 3.63) is 48.4 Å². The van der Waals surface area contributed by atoms with Gasteiger partial charge in [-0.2, -0.15) is 10.2 Å². The summed E-state index contributed by atoms with van der Waals surface area (Å²) < 4.78 is 16.7. The molecule has 0 saturated carbocycles. The quantitative estimate of drug-likeness (QED) is 0.570. The zero-order valence-corrected chi connectivity index (χ0v) is 19.1. The zero-order valence-electron chi connectivity index (χ0n) is 19.1. The topological polar surface area (TPSA) is 99.0 Å². The number of anilines is 2. The molecule has 2 aromatic heterocycles. The van der Waals surface area contributed by atoms with Crippen LogP contribution in [0.1, 0.15) is 18.5 Å². The minimum Gasteiger partial charge on any atom is -0.495 e. The largest absolute Gasteiger partial charge is 0.495 e. The number of amides is 1. The molecule has 34 heavy (non-hydrogen) atoms. The summed E-state index contributed by atoms with van der Waals surface area (Å²) in [6.45, 7) is 4.24. The number of carbonyl (C=O) groups is 1. The van der Waals surface area contributed by atoms with Crippen molar-refractivity contribution in [1.82, 2.24) is 9.88 Å². The lowest BCUT2D eigenvalue weighted by molar-refractivity contribution is -0.136. The molecule has 1 amide bonds. The second kappa shape index (κ2) is 9.51. The first kappa shape index (κ1) is 21.9. The molecule has 0 aliphatic carbocycles. The number of para-hydroxylation sites is 2. The number of carbonyl (C=O) groups excluding carboxylic acids is 1. The highest BCUT2D eigenvalue weighted by atomic mass is 16.5. The summed E-state index contributed by atoms with van der Waals surface area (Å²) in [7, 11) is 1.68. The smallest absolute Gasteiger partial charge is 0.266 e. The van der Waals surface area contributed by atoms with Crippen molar-refractivity contribution >= 4 is 17.5 Å². The van der Waals surface area contributed by atoms with Gasteiger partial charge in [0.25, 0.3) is 5.89 Å². The van der Waals surface area contributed by atoms with Crippen LogP contribution in [0.3, 0.4) is 0 Å². The molecule has 9 heteroatoms. The van der Waals surface area contributed by atoms with Crippen LogP contribution in [0.5, 0.6) is 5.75 Å². The van der Waals surface area contributed by atoms with E-state index in [0.717, 1.165) is 24.5 Å². The van der Waals surface area contributed by atoms with Gasteiger partial charge in [0.15, 0.2) is 5.76 Å². The maximum Gasteiger partial charge on any atom is 0.266 e. The van der Waals surface area contributed by atoms with Gasteiger partial charge in [-0.1, -0.05) is 12.1 Å². The fourth-order valence-electron chi connectivity index (χ4n) is 4.75. The Morgan fingerprint density at radius 1 is 1.06 bits per heavy atom. The van der Waals surface area contributed by atoms with Gasteiger partial charge in [0.2, 0.25) is 17.5 Å². The van der Waals surface area contributed by atoms with E-state index in [1.54, 1.807) is 25.5 Å². The van der Waals surface area contributed by atoms with E-state index in [4.69, 9.17) is 13.6 Å². The number of nitrogens with zero attached hydrogens (tertiary/aromatic N) is 5. The molecule has 5 rings (SSSR count). The highest BCUT2D eigenvalue weighted by molar-refractivity contribution is 5.79. The fraction of sp³-hybridized carbons (Fsp3) is 0.400. The fourth-order valence-corrected chi connectivity index (χ4v) is 4.75. The second-order valence-electron chi connectivity index (χ2n) is 8.51. The Labute approximate surface area is 198 Å². The van der Waals surface area contributed by atoms with Gasteiger partial charge in [-0.3, -0.25) is 4.79 Å². The lowest BCUT2D eigenvalue weighted by atomic mass is 9.95. The number of piperazine rings is 1. The predicted octanol–water partition coefficient (Wildman–Crippen LogP) is 3.38. The third-order valence-corrected chi connectivity index (χ3v) is 6.60. The summed E-state index contributed by atoms with van der Waals surface area (Å²) in [6, 6.07) is 13.6. The molecule has 1 aromatic carbocycles. The minimum absolute atomic E-state index is 0.0212. The minimum atomic E-state index is -0.0212. The number of nitriles is 1.